The van der Waals surface area contributed by atoms with Gasteiger partial charge in [-0.2, -0.15) is 0 Å². The number of benzene rings is 2. The van der Waals surface area contributed by atoms with Crippen molar-refractivity contribution in [2.75, 3.05) is 0 Å². The number of nitrogens with two attached hydrogens (primary N) is 4. The van der Waals surface area contributed by atoms with Crippen LogP contribution in [0.1, 0.15) is 47.4 Å². The molecule has 0 aliphatic heterocycles. The Bertz CT molecular complexity index is 1160. The lowest BCUT2D eigenvalue weighted by Crippen LogP contribution is -2.37. The zero-order chi connectivity index (χ0) is 29.3. The quantitative estimate of drug-likeness (QED) is 0.117. The van der Waals surface area contributed by atoms with Crippen molar-refractivity contribution in [2.45, 2.75) is 50.9 Å². The highest BCUT2D eigenvalue weighted by Crippen LogP contribution is 2.22. The summed E-state index contributed by atoms with van der Waals surface area (Å²) in [5, 5.41) is 0. The van der Waals surface area contributed by atoms with Gasteiger partial charge in [-0.1, -0.05) is 24.3 Å². The number of rotatable bonds is 12. The SMILES string of the molecule is C[C@H](N)C(=O)Oc1ccccc1C(=O)[C@@H](N)CC(=O)OC(=O)C[C@H](N)C(=O)c1ccccc1OC(=O)[C@H](C)N. The van der Waals surface area contributed by atoms with E-state index in [1.165, 1.54) is 62.4 Å². The molecule has 4 atom stereocenters. The Morgan fingerprint density at radius 1 is 0.615 bits per heavy atom. The van der Waals surface area contributed by atoms with Crippen molar-refractivity contribution in [3.8, 4) is 11.5 Å². The first-order valence-corrected chi connectivity index (χ1v) is 11.8. The van der Waals surface area contributed by atoms with Crippen LogP contribution >= 0.6 is 0 Å². The maximum atomic E-state index is 12.8. The largest absolute Gasteiger partial charge is 0.425 e. The van der Waals surface area contributed by atoms with Gasteiger partial charge in [-0.25, -0.2) is 9.59 Å². The van der Waals surface area contributed by atoms with Crippen LogP contribution in [0.2, 0.25) is 0 Å². The molecule has 0 aliphatic rings. The highest BCUT2D eigenvalue weighted by Gasteiger charge is 2.28. The summed E-state index contributed by atoms with van der Waals surface area (Å²) in [6.45, 7) is 2.81. The minimum atomic E-state index is -1.44. The first-order chi connectivity index (χ1) is 18.3. The summed E-state index contributed by atoms with van der Waals surface area (Å²) in [6, 6.07) is 6.66. The van der Waals surface area contributed by atoms with Gasteiger partial charge in [0.1, 0.15) is 23.6 Å². The topological polar surface area (TPSA) is 234 Å². The van der Waals surface area contributed by atoms with E-state index in [9.17, 15) is 28.8 Å². The van der Waals surface area contributed by atoms with Gasteiger partial charge < -0.3 is 37.1 Å². The van der Waals surface area contributed by atoms with Crippen molar-refractivity contribution >= 4 is 35.4 Å². The molecule has 2 aromatic rings. The standard InChI is InChI=1S/C26H30N4O9/c1-13(27)25(35)37-19-9-5-3-7-15(19)23(33)17(29)11-21(31)39-22(32)12-18(30)24(34)16-8-4-6-10-20(16)38-26(36)14(2)28/h3-10,13-14,17-18H,11-12,27-30H2,1-2H3/t13-,14-,17-,18-/m0/s1. The molecule has 2 aromatic carbocycles. The third-order valence-corrected chi connectivity index (χ3v) is 5.14. The number of carbonyl (C=O) groups is 6. The van der Waals surface area contributed by atoms with Crippen molar-refractivity contribution in [3.05, 3.63) is 59.7 Å². The smallest absolute Gasteiger partial charge is 0.328 e. The van der Waals surface area contributed by atoms with Crippen LogP contribution in [-0.4, -0.2) is 59.6 Å². The second kappa shape index (κ2) is 14.0. The van der Waals surface area contributed by atoms with Crippen LogP contribution in [0.15, 0.2) is 48.5 Å². The Hall–Kier alpha value is -4.30. The summed E-state index contributed by atoms with van der Waals surface area (Å²) in [7, 11) is 0. The van der Waals surface area contributed by atoms with E-state index in [1.807, 2.05) is 0 Å². The van der Waals surface area contributed by atoms with E-state index in [0.717, 1.165) is 0 Å². The van der Waals surface area contributed by atoms with Crippen LogP contribution in [-0.2, 0) is 23.9 Å². The van der Waals surface area contributed by atoms with Gasteiger partial charge in [-0.05, 0) is 38.1 Å². The van der Waals surface area contributed by atoms with Crippen molar-refractivity contribution in [1.82, 2.24) is 0 Å². The fourth-order valence-corrected chi connectivity index (χ4v) is 3.08. The number of Topliss-reactive ketones (excluding diaryl/α,β-unsaturated/α-hetero) is 2. The van der Waals surface area contributed by atoms with E-state index in [0.29, 0.717) is 0 Å². The lowest BCUT2D eigenvalue weighted by Gasteiger charge is -2.15. The Balaban J connectivity index is 1.99. The molecule has 13 nitrogen and oxygen atoms in total. The molecular formula is C26H30N4O9. The Morgan fingerprint density at radius 3 is 1.28 bits per heavy atom. The third kappa shape index (κ3) is 8.90. The highest BCUT2D eigenvalue weighted by molar-refractivity contribution is 6.06. The van der Waals surface area contributed by atoms with Gasteiger partial charge in [0.15, 0.2) is 11.6 Å². The average molecular weight is 543 g/mol. The van der Waals surface area contributed by atoms with Crippen molar-refractivity contribution < 1.29 is 43.0 Å². The Kier molecular flexibility index (Phi) is 11.1. The molecule has 0 fully saturated rings. The zero-order valence-corrected chi connectivity index (χ0v) is 21.3. The first-order valence-electron chi connectivity index (χ1n) is 11.8. The minimum absolute atomic E-state index is 0.0749. The molecule has 39 heavy (non-hydrogen) atoms. The molecule has 208 valence electrons. The molecule has 0 unspecified atom stereocenters. The summed E-state index contributed by atoms with van der Waals surface area (Å²) < 4.78 is 14.9. The van der Waals surface area contributed by atoms with Crippen LogP contribution < -0.4 is 32.4 Å². The van der Waals surface area contributed by atoms with E-state index in [-0.39, 0.29) is 22.6 Å². The average Bonchev–Trinajstić information content (AvgIpc) is 2.87. The molecular weight excluding hydrogens is 512 g/mol. The molecule has 0 bridgehead atoms. The molecule has 0 amide bonds. The van der Waals surface area contributed by atoms with Crippen LogP contribution in [0.5, 0.6) is 11.5 Å². The molecule has 8 N–H and O–H groups in total. The van der Waals surface area contributed by atoms with Crippen molar-refractivity contribution in [2.24, 2.45) is 22.9 Å². The minimum Gasteiger partial charge on any atom is -0.425 e. The predicted molar refractivity (Wildman–Crippen MR) is 136 cm³/mol. The number of esters is 4. The number of ketones is 2. The van der Waals surface area contributed by atoms with E-state index < -0.39 is 72.5 Å². The lowest BCUT2D eigenvalue weighted by atomic mass is 10.0. The van der Waals surface area contributed by atoms with Gasteiger partial charge in [-0.15, -0.1) is 0 Å². The Labute approximate surface area is 223 Å². The number of para-hydroxylation sites is 2. The number of ether oxygens (including phenoxy) is 3. The second-order valence-electron chi connectivity index (χ2n) is 8.61. The molecule has 0 heterocycles. The van der Waals surface area contributed by atoms with Gasteiger partial charge in [0.2, 0.25) is 0 Å². The summed E-state index contributed by atoms with van der Waals surface area (Å²) in [4.78, 5) is 73.6. The predicted octanol–water partition coefficient (Wildman–Crippen LogP) is -0.238. The van der Waals surface area contributed by atoms with Crippen LogP contribution in [0.4, 0.5) is 0 Å². The van der Waals surface area contributed by atoms with E-state index in [1.54, 1.807) is 0 Å². The van der Waals surface area contributed by atoms with Crippen LogP contribution in [0.25, 0.3) is 0 Å². The lowest BCUT2D eigenvalue weighted by molar-refractivity contribution is -0.160. The molecule has 0 aromatic heterocycles. The number of hydrogen-bond acceptors (Lipinski definition) is 13. The van der Waals surface area contributed by atoms with Crippen molar-refractivity contribution in [1.29, 1.82) is 0 Å². The number of carbonyl (C=O) groups excluding carboxylic acids is 6. The van der Waals surface area contributed by atoms with E-state index in [2.05, 4.69) is 4.74 Å². The number of hydrogen-bond donors (Lipinski definition) is 4. The van der Waals surface area contributed by atoms with E-state index in [4.69, 9.17) is 32.4 Å². The zero-order valence-electron chi connectivity index (χ0n) is 21.3. The van der Waals surface area contributed by atoms with Gasteiger partial charge in [0.05, 0.1) is 36.1 Å². The van der Waals surface area contributed by atoms with Gasteiger partial charge >= 0.3 is 23.9 Å². The maximum Gasteiger partial charge on any atom is 0.328 e. The summed E-state index contributed by atoms with van der Waals surface area (Å²) >= 11 is 0. The maximum absolute atomic E-state index is 12.8. The summed E-state index contributed by atoms with van der Waals surface area (Å²) in [6.07, 6.45) is -1.39. The fourth-order valence-electron chi connectivity index (χ4n) is 3.08. The summed E-state index contributed by atoms with van der Waals surface area (Å²) in [5.41, 5.74) is 22.5. The van der Waals surface area contributed by atoms with E-state index >= 15 is 0 Å². The molecule has 0 saturated carbocycles. The monoisotopic (exact) mass is 542 g/mol. The molecule has 2 rings (SSSR count). The molecule has 0 saturated heterocycles. The summed E-state index contributed by atoms with van der Waals surface area (Å²) in [5.74, 6) is -5.55. The van der Waals surface area contributed by atoms with Crippen LogP contribution in [0, 0.1) is 0 Å². The first kappa shape index (κ1) is 30.9. The molecule has 0 radical (unpaired) electrons. The van der Waals surface area contributed by atoms with Crippen LogP contribution in [0.3, 0.4) is 0 Å². The van der Waals surface area contributed by atoms with Gasteiger partial charge in [0, 0.05) is 0 Å². The Morgan fingerprint density at radius 2 is 0.949 bits per heavy atom. The third-order valence-electron chi connectivity index (χ3n) is 5.14. The molecule has 13 heteroatoms. The highest BCUT2D eigenvalue weighted by atomic mass is 16.6. The second-order valence-corrected chi connectivity index (χ2v) is 8.61. The molecule has 0 spiro atoms. The molecule has 0 aliphatic carbocycles. The van der Waals surface area contributed by atoms with Crippen molar-refractivity contribution in [3.63, 3.8) is 0 Å². The normalized spacial score (nSPS) is 13.8. The van der Waals surface area contributed by atoms with Gasteiger partial charge in [0.25, 0.3) is 0 Å². The fraction of sp³-hybridized carbons (Fsp3) is 0.308. The van der Waals surface area contributed by atoms with Gasteiger partial charge in [-0.3, -0.25) is 19.2 Å².